The highest BCUT2D eigenvalue weighted by Crippen LogP contribution is 2.37. The molecule has 1 amide bonds. The number of carbonyl (C=O) groups excluding carboxylic acids is 1. The molecule has 2 unspecified atom stereocenters. The van der Waals surface area contributed by atoms with E-state index in [0.29, 0.717) is 12.8 Å². The molecule has 1 heterocycles. The fourth-order valence-electron chi connectivity index (χ4n) is 2.69. The number of hydrogen-bond donors (Lipinski definition) is 1. The first-order valence-electron chi connectivity index (χ1n) is 7.68. The van der Waals surface area contributed by atoms with Crippen LogP contribution in [-0.4, -0.2) is 35.9 Å². The Bertz CT molecular complexity index is 650. The molecule has 1 aromatic heterocycles. The second kappa shape index (κ2) is 7.89. The number of hydrogen-bond acceptors (Lipinski definition) is 3. The fourth-order valence-corrected chi connectivity index (χ4v) is 2.91. The maximum atomic E-state index is 12.8. The molecule has 1 fully saturated rings. The molecule has 2 atom stereocenters. The van der Waals surface area contributed by atoms with E-state index >= 15 is 0 Å². The van der Waals surface area contributed by atoms with E-state index in [2.05, 4.69) is 15.0 Å². The van der Waals surface area contributed by atoms with Crippen LogP contribution in [0.15, 0.2) is 12.3 Å². The molecule has 1 N–H and O–H groups in total. The summed E-state index contributed by atoms with van der Waals surface area (Å²) in [7, 11) is 0. The number of carbonyl (C=O) groups is 1. The maximum absolute atomic E-state index is 12.8. The Morgan fingerprint density at radius 1 is 1.27 bits per heavy atom. The molecule has 1 aliphatic carbocycles. The van der Waals surface area contributed by atoms with Crippen molar-refractivity contribution in [2.24, 2.45) is 5.92 Å². The van der Waals surface area contributed by atoms with Crippen molar-refractivity contribution in [3.63, 3.8) is 0 Å². The molecule has 26 heavy (non-hydrogen) atoms. The van der Waals surface area contributed by atoms with Crippen LogP contribution < -0.4 is 10.1 Å². The smallest absolute Gasteiger partial charge is 0.422 e. The average Bonchev–Trinajstić information content (AvgIpc) is 2.52. The van der Waals surface area contributed by atoms with E-state index in [1.54, 1.807) is 0 Å². The van der Waals surface area contributed by atoms with Gasteiger partial charge >= 0.3 is 12.4 Å². The standard InChI is InChI=1S/C15H15ClF6N2O2/c16-11-4-8(6-23-13(11)26-7-14(17,18)19)12(25)24-10-3-1-2-9(5-10)15(20,21)22/h4,6,9-10H,1-3,5,7H2,(H,24,25). The van der Waals surface area contributed by atoms with Crippen molar-refractivity contribution in [3.05, 3.63) is 22.8 Å². The Morgan fingerprint density at radius 3 is 2.54 bits per heavy atom. The van der Waals surface area contributed by atoms with Crippen LogP contribution in [0.2, 0.25) is 5.02 Å². The second-order valence-corrected chi connectivity index (χ2v) is 6.40. The third kappa shape index (κ3) is 5.93. The van der Waals surface area contributed by atoms with E-state index in [0.717, 1.165) is 12.3 Å². The minimum atomic E-state index is -4.57. The van der Waals surface area contributed by atoms with E-state index in [9.17, 15) is 31.1 Å². The average molecular weight is 405 g/mol. The minimum Gasteiger partial charge on any atom is -0.467 e. The Hall–Kier alpha value is -1.71. The van der Waals surface area contributed by atoms with Crippen LogP contribution >= 0.6 is 11.6 Å². The summed E-state index contributed by atoms with van der Waals surface area (Å²) in [5.74, 6) is -2.66. The van der Waals surface area contributed by atoms with Crippen molar-refractivity contribution in [2.75, 3.05) is 6.61 Å². The highest BCUT2D eigenvalue weighted by atomic mass is 35.5. The zero-order valence-corrected chi connectivity index (χ0v) is 14.0. The first kappa shape index (κ1) is 20.6. The van der Waals surface area contributed by atoms with Crippen molar-refractivity contribution in [3.8, 4) is 5.88 Å². The van der Waals surface area contributed by atoms with E-state index in [1.165, 1.54) is 0 Å². The highest BCUT2D eigenvalue weighted by molar-refractivity contribution is 6.32. The molecule has 4 nitrogen and oxygen atoms in total. The predicted octanol–water partition coefficient (Wildman–Crippen LogP) is 4.53. The molecule has 11 heteroatoms. The molecular formula is C15H15ClF6N2O2. The lowest BCUT2D eigenvalue weighted by Gasteiger charge is -2.31. The molecule has 0 radical (unpaired) electrons. The number of nitrogens with one attached hydrogen (secondary N) is 1. The summed E-state index contributed by atoms with van der Waals surface area (Å²) in [4.78, 5) is 15.7. The van der Waals surface area contributed by atoms with Gasteiger partial charge in [-0.15, -0.1) is 0 Å². The molecule has 146 valence electrons. The topological polar surface area (TPSA) is 51.2 Å². The molecule has 0 bridgehead atoms. The van der Waals surface area contributed by atoms with Crippen molar-refractivity contribution in [2.45, 2.75) is 44.1 Å². The van der Waals surface area contributed by atoms with Crippen molar-refractivity contribution in [1.82, 2.24) is 10.3 Å². The predicted molar refractivity (Wildman–Crippen MR) is 80.1 cm³/mol. The summed E-state index contributed by atoms with van der Waals surface area (Å²) < 4.78 is 79.1. The molecule has 1 aliphatic rings. The van der Waals surface area contributed by atoms with Crippen LogP contribution in [-0.2, 0) is 0 Å². The number of halogens is 7. The third-order valence-corrected chi connectivity index (χ3v) is 4.19. The lowest BCUT2D eigenvalue weighted by Crippen LogP contribution is -2.41. The maximum Gasteiger partial charge on any atom is 0.422 e. The van der Waals surface area contributed by atoms with Gasteiger partial charge in [-0.2, -0.15) is 26.3 Å². The van der Waals surface area contributed by atoms with Crippen LogP contribution in [0.3, 0.4) is 0 Å². The van der Waals surface area contributed by atoms with Crippen molar-refractivity contribution >= 4 is 17.5 Å². The molecule has 2 rings (SSSR count). The van der Waals surface area contributed by atoms with E-state index in [4.69, 9.17) is 11.6 Å². The summed E-state index contributed by atoms with van der Waals surface area (Å²) >= 11 is 5.74. The number of alkyl halides is 6. The largest absolute Gasteiger partial charge is 0.467 e. The van der Waals surface area contributed by atoms with Crippen LogP contribution in [0.1, 0.15) is 36.0 Å². The Kier molecular flexibility index (Phi) is 6.25. The van der Waals surface area contributed by atoms with E-state index < -0.39 is 42.7 Å². The van der Waals surface area contributed by atoms with Gasteiger partial charge in [0.1, 0.15) is 5.02 Å². The third-order valence-electron chi connectivity index (χ3n) is 3.91. The Labute approximate surface area is 149 Å². The second-order valence-electron chi connectivity index (χ2n) is 5.99. The highest BCUT2D eigenvalue weighted by Gasteiger charge is 2.42. The molecular weight excluding hydrogens is 390 g/mol. The fraction of sp³-hybridized carbons (Fsp3) is 0.600. The SMILES string of the molecule is O=C(NC1CCCC(C(F)(F)F)C1)c1cnc(OCC(F)(F)F)c(Cl)c1. The lowest BCUT2D eigenvalue weighted by molar-refractivity contribution is -0.183. The zero-order chi connectivity index (χ0) is 19.5. The van der Waals surface area contributed by atoms with Gasteiger partial charge in [0.15, 0.2) is 6.61 Å². The van der Waals surface area contributed by atoms with Crippen molar-refractivity contribution in [1.29, 1.82) is 0 Å². The van der Waals surface area contributed by atoms with Gasteiger partial charge in [0.2, 0.25) is 5.88 Å². The number of nitrogens with zero attached hydrogens (tertiary/aromatic N) is 1. The number of rotatable bonds is 4. The minimum absolute atomic E-state index is 0.0223. The van der Waals surface area contributed by atoms with Gasteiger partial charge in [-0.05, 0) is 25.3 Å². The van der Waals surface area contributed by atoms with E-state index in [1.807, 2.05) is 0 Å². The molecule has 1 saturated carbocycles. The van der Waals surface area contributed by atoms with E-state index in [-0.39, 0.29) is 23.4 Å². The Morgan fingerprint density at radius 2 is 1.96 bits per heavy atom. The van der Waals surface area contributed by atoms with Crippen LogP contribution in [0.5, 0.6) is 5.88 Å². The monoisotopic (exact) mass is 404 g/mol. The summed E-state index contributed by atoms with van der Waals surface area (Å²) in [6.45, 7) is -1.59. The summed E-state index contributed by atoms with van der Waals surface area (Å²) in [5, 5.41) is 2.18. The van der Waals surface area contributed by atoms with Gasteiger partial charge < -0.3 is 10.1 Å². The zero-order valence-electron chi connectivity index (χ0n) is 13.3. The number of aromatic nitrogens is 1. The summed E-state index contributed by atoms with van der Waals surface area (Å²) in [6, 6.07) is 0.405. The number of amides is 1. The molecule has 0 aliphatic heterocycles. The molecule has 0 saturated heterocycles. The van der Waals surface area contributed by atoms with Crippen LogP contribution in [0, 0.1) is 5.92 Å². The van der Waals surface area contributed by atoms with Gasteiger partial charge in [-0.25, -0.2) is 4.98 Å². The quantitative estimate of drug-likeness (QED) is 0.750. The van der Waals surface area contributed by atoms with Gasteiger partial charge in [-0.3, -0.25) is 4.79 Å². The lowest BCUT2D eigenvalue weighted by atomic mass is 9.85. The van der Waals surface area contributed by atoms with Crippen LogP contribution in [0.25, 0.3) is 0 Å². The number of ether oxygens (including phenoxy) is 1. The summed E-state index contributed by atoms with van der Waals surface area (Å²) in [5.41, 5.74) is -0.0801. The van der Waals surface area contributed by atoms with Gasteiger partial charge in [0.05, 0.1) is 11.5 Å². The van der Waals surface area contributed by atoms with Gasteiger partial charge in [0, 0.05) is 12.2 Å². The normalized spacial score (nSPS) is 21.3. The molecule has 0 spiro atoms. The first-order chi connectivity index (χ1) is 12.0. The van der Waals surface area contributed by atoms with Gasteiger partial charge in [0.25, 0.3) is 5.91 Å². The van der Waals surface area contributed by atoms with Crippen LogP contribution in [0.4, 0.5) is 26.3 Å². The van der Waals surface area contributed by atoms with Gasteiger partial charge in [-0.1, -0.05) is 18.0 Å². The first-order valence-corrected chi connectivity index (χ1v) is 8.06. The Balaban J connectivity index is 1.98. The number of pyridine rings is 1. The molecule has 1 aromatic rings. The molecule has 0 aromatic carbocycles. The summed E-state index contributed by atoms with van der Waals surface area (Å²) in [6.07, 6.45) is -7.39. The van der Waals surface area contributed by atoms with Crippen molar-refractivity contribution < 1.29 is 35.9 Å².